The van der Waals surface area contributed by atoms with Crippen LogP contribution >= 0.6 is 0 Å². The molecule has 2 aliphatic rings. The third-order valence-electron chi connectivity index (χ3n) is 5.95. The zero-order valence-electron chi connectivity index (χ0n) is 17.4. The van der Waals surface area contributed by atoms with Crippen LogP contribution in [-0.4, -0.2) is 56.6 Å². The number of rotatable bonds is 4. The number of carbonyl (C=O) groups is 1. The van der Waals surface area contributed by atoms with Gasteiger partial charge < -0.3 is 14.1 Å². The average Bonchev–Trinajstić information content (AvgIpc) is 3.13. The van der Waals surface area contributed by atoms with E-state index in [0.717, 1.165) is 18.4 Å². The van der Waals surface area contributed by atoms with Crippen molar-refractivity contribution in [3.63, 3.8) is 0 Å². The highest BCUT2D eigenvalue weighted by Gasteiger charge is 2.30. The Hall–Kier alpha value is -3.11. The second-order valence-electron chi connectivity index (χ2n) is 7.89. The summed E-state index contributed by atoms with van der Waals surface area (Å²) in [6, 6.07) is 11.8. The van der Waals surface area contributed by atoms with Gasteiger partial charge in [0.1, 0.15) is 6.54 Å². The molecule has 0 unspecified atom stereocenters. The van der Waals surface area contributed by atoms with Crippen molar-refractivity contribution < 1.29 is 22.4 Å². The van der Waals surface area contributed by atoms with Gasteiger partial charge in [-0.2, -0.15) is 0 Å². The van der Waals surface area contributed by atoms with Crippen LogP contribution in [0.4, 0.5) is 5.69 Å². The second kappa shape index (κ2) is 8.10. The number of carbonyl (C=O) groups excluding carboxylic acids is 1. The average molecular weight is 458 g/mol. The fraction of sp³-hybridized carbons (Fsp3) is 0.364. The summed E-state index contributed by atoms with van der Waals surface area (Å²) in [5.74, 6) is -0.904. The van der Waals surface area contributed by atoms with Crippen molar-refractivity contribution >= 4 is 32.7 Å². The number of aromatic nitrogens is 1. The van der Waals surface area contributed by atoms with Gasteiger partial charge in [0.25, 0.3) is 10.0 Å². The molecule has 5 rings (SSSR count). The SMILES string of the molecule is O=C(Cn1c(=O)oc2cc(S(=O)(=O)N3CCCc4ccccc43)ccc21)N1CCOCC1. The topological polar surface area (TPSA) is 102 Å². The van der Waals surface area contributed by atoms with E-state index >= 15 is 0 Å². The Balaban J connectivity index is 1.47. The molecule has 0 saturated carbocycles. The largest absolute Gasteiger partial charge is 0.420 e. The van der Waals surface area contributed by atoms with Crippen LogP contribution in [0.25, 0.3) is 11.1 Å². The minimum absolute atomic E-state index is 0.0436. The van der Waals surface area contributed by atoms with Crippen LogP contribution in [-0.2, 0) is 32.5 Å². The second-order valence-corrected chi connectivity index (χ2v) is 9.75. The van der Waals surface area contributed by atoms with Crippen molar-refractivity contribution in [1.29, 1.82) is 0 Å². The number of fused-ring (bicyclic) bond motifs is 2. The molecule has 1 aromatic heterocycles. The lowest BCUT2D eigenvalue weighted by atomic mass is 10.0. The molecule has 32 heavy (non-hydrogen) atoms. The Morgan fingerprint density at radius 2 is 1.81 bits per heavy atom. The van der Waals surface area contributed by atoms with E-state index in [1.165, 1.54) is 27.1 Å². The third kappa shape index (κ3) is 3.59. The number of hydrogen-bond donors (Lipinski definition) is 0. The summed E-state index contributed by atoms with van der Waals surface area (Å²) in [5, 5.41) is 0. The summed E-state index contributed by atoms with van der Waals surface area (Å²) in [6.45, 7) is 2.10. The Bertz CT molecular complexity index is 1340. The number of oxazole rings is 1. The number of aryl methyl sites for hydroxylation is 1. The van der Waals surface area contributed by atoms with Crippen LogP contribution in [0.2, 0.25) is 0 Å². The van der Waals surface area contributed by atoms with Gasteiger partial charge in [-0.05, 0) is 36.6 Å². The molecular formula is C22H23N3O6S. The molecule has 9 nitrogen and oxygen atoms in total. The van der Waals surface area contributed by atoms with E-state index in [9.17, 15) is 18.0 Å². The summed E-state index contributed by atoms with van der Waals surface area (Å²) in [6.07, 6.45) is 1.56. The third-order valence-corrected chi connectivity index (χ3v) is 7.76. The quantitative estimate of drug-likeness (QED) is 0.590. The molecule has 1 amide bonds. The van der Waals surface area contributed by atoms with Gasteiger partial charge in [0.05, 0.1) is 29.3 Å². The fourth-order valence-corrected chi connectivity index (χ4v) is 5.84. The summed E-state index contributed by atoms with van der Waals surface area (Å²) >= 11 is 0. The number of hydrogen-bond acceptors (Lipinski definition) is 6. The molecule has 3 heterocycles. The monoisotopic (exact) mass is 457 g/mol. The summed E-state index contributed by atoms with van der Waals surface area (Å²) in [7, 11) is -3.84. The number of para-hydroxylation sites is 1. The Kier molecular flexibility index (Phi) is 5.26. The first-order chi connectivity index (χ1) is 15.4. The predicted octanol–water partition coefficient (Wildman–Crippen LogP) is 1.59. The molecule has 3 aromatic rings. The van der Waals surface area contributed by atoms with Gasteiger partial charge in [0, 0.05) is 25.7 Å². The Morgan fingerprint density at radius 3 is 2.62 bits per heavy atom. The molecule has 1 saturated heterocycles. The predicted molar refractivity (Wildman–Crippen MR) is 117 cm³/mol. The van der Waals surface area contributed by atoms with Crippen molar-refractivity contribution in [3.05, 3.63) is 58.6 Å². The molecule has 0 aliphatic carbocycles. The van der Waals surface area contributed by atoms with Gasteiger partial charge >= 0.3 is 5.76 Å². The molecule has 0 radical (unpaired) electrons. The van der Waals surface area contributed by atoms with Crippen molar-refractivity contribution in [2.45, 2.75) is 24.3 Å². The van der Waals surface area contributed by atoms with Gasteiger partial charge in [-0.15, -0.1) is 0 Å². The van der Waals surface area contributed by atoms with E-state index in [1.54, 1.807) is 11.0 Å². The van der Waals surface area contributed by atoms with E-state index in [1.807, 2.05) is 18.2 Å². The highest BCUT2D eigenvalue weighted by atomic mass is 32.2. The van der Waals surface area contributed by atoms with E-state index < -0.39 is 15.8 Å². The molecule has 0 spiro atoms. The van der Waals surface area contributed by atoms with E-state index in [4.69, 9.17) is 9.15 Å². The van der Waals surface area contributed by atoms with Gasteiger partial charge in [0.15, 0.2) is 5.58 Å². The minimum atomic E-state index is -3.84. The van der Waals surface area contributed by atoms with Crippen molar-refractivity contribution in [3.8, 4) is 0 Å². The maximum absolute atomic E-state index is 13.4. The normalized spacial score (nSPS) is 16.9. The zero-order chi connectivity index (χ0) is 22.3. The summed E-state index contributed by atoms with van der Waals surface area (Å²) in [4.78, 5) is 26.7. The Labute approximate surface area is 184 Å². The van der Waals surface area contributed by atoms with E-state index in [2.05, 4.69) is 0 Å². The van der Waals surface area contributed by atoms with Gasteiger partial charge in [-0.1, -0.05) is 18.2 Å². The lowest BCUT2D eigenvalue weighted by Crippen LogP contribution is -2.43. The zero-order valence-corrected chi connectivity index (χ0v) is 18.2. The number of benzene rings is 2. The first-order valence-corrected chi connectivity index (χ1v) is 12.0. The van der Waals surface area contributed by atoms with Crippen LogP contribution in [0.3, 0.4) is 0 Å². The van der Waals surface area contributed by atoms with Crippen LogP contribution in [0.15, 0.2) is 56.6 Å². The molecule has 0 bridgehead atoms. The van der Waals surface area contributed by atoms with Gasteiger partial charge in [0.2, 0.25) is 5.91 Å². The number of amides is 1. The molecule has 0 atom stereocenters. The lowest BCUT2D eigenvalue weighted by Gasteiger charge is -2.30. The standard InChI is InChI=1S/C22H23N3O6S/c26-21(23-10-12-30-13-11-23)15-24-19-8-7-17(14-20(19)31-22(24)27)32(28,29)25-9-3-5-16-4-1-2-6-18(16)25/h1-2,4,6-8,14H,3,5,9-13,15H2. The molecule has 10 heteroatoms. The molecule has 1 fully saturated rings. The van der Waals surface area contributed by atoms with Crippen molar-refractivity contribution in [2.75, 3.05) is 37.2 Å². The number of sulfonamides is 1. The summed E-state index contributed by atoms with van der Waals surface area (Å²) in [5.41, 5.74) is 2.18. The van der Waals surface area contributed by atoms with Crippen LogP contribution < -0.4 is 10.1 Å². The maximum atomic E-state index is 13.4. The highest BCUT2D eigenvalue weighted by Crippen LogP contribution is 2.32. The van der Waals surface area contributed by atoms with E-state index in [-0.39, 0.29) is 22.9 Å². The van der Waals surface area contributed by atoms with Crippen molar-refractivity contribution in [2.24, 2.45) is 0 Å². The lowest BCUT2D eigenvalue weighted by molar-refractivity contribution is -0.135. The van der Waals surface area contributed by atoms with Crippen molar-refractivity contribution in [1.82, 2.24) is 9.47 Å². The first-order valence-electron chi connectivity index (χ1n) is 10.5. The molecule has 0 N–H and O–H groups in total. The fourth-order valence-electron chi connectivity index (χ4n) is 4.28. The number of ether oxygens (including phenoxy) is 1. The number of nitrogens with zero attached hydrogens (tertiary/aromatic N) is 3. The number of anilines is 1. The highest BCUT2D eigenvalue weighted by molar-refractivity contribution is 7.92. The maximum Gasteiger partial charge on any atom is 0.420 e. The van der Waals surface area contributed by atoms with Gasteiger partial charge in [-0.25, -0.2) is 13.2 Å². The van der Waals surface area contributed by atoms with Crippen LogP contribution in [0.5, 0.6) is 0 Å². The first kappa shape index (κ1) is 20.8. The smallest absolute Gasteiger partial charge is 0.408 e. The molecule has 168 valence electrons. The summed E-state index contributed by atoms with van der Waals surface area (Å²) < 4.78 is 40.0. The molecule has 2 aromatic carbocycles. The van der Waals surface area contributed by atoms with E-state index in [0.29, 0.717) is 44.1 Å². The molecule has 2 aliphatic heterocycles. The minimum Gasteiger partial charge on any atom is -0.408 e. The number of morpholine rings is 1. The molecular weight excluding hydrogens is 434 g/mol. The van der Waals surface area contributed by atoms with Crippen LogP contribution in [0.1, 0.15) is 12.0 Å². The Morgan fingerprint density at radius 1 is 1.03 bits per heavy atom. The van der Waals surface area contributed by atoms with Gasteiger partial charge in [-0.3, -0.25) is 13.7 Å². The van der Waals surface area contributed by atoms with Crippen LogP contribution in [0, 0.1) is 0 Å².